The maximum atomic E-state index is 8.66. The monoisotopic (exact) mass is 260 g/mol. The fraction of sp³-hybridized carbons (Fsp3) is 0.375. The smallest absolute Gasteiger partial charge is 0.119 e. The van der Waals surface area contributed by atoms with Gasteiger partial charge in [-0.15, -0.1) is 0 Å². The second-order valence-electron chi connectivity index (χ2n) is 4.55. The zero-order chi connectivity index (χ0) is 13.5. The summed E-state index contributed by atoms with van der Waals surface area (Å²) in [5.41, 5.74) is 0. The number of hydrogen-bond acceptors (Lipinski definition) is 3. The van der Waals surface area contributed by atoms with Gasteiger partial charge in [0.2, 0.25) is 0 Å². The molecule has 0 amide bonds. The van der Waals surface area contributed by atoms with Gasteiger partial charge in [-0.3, -0.25) is 0 Å². The van der Waals surface area contributed by atoms with Crippen molar-refractivity contribution < 1.29 is 14.6 Å². The Morgan fingerprint density at radius 2 is 1.84 bits per heavy atom. The SMILES string of the molecule is CC(CCOc1ccc2ccccc2c1)OCCO. The maximum Gasteiger partial charge on any atom is 0.119 e. The first-order chi connectivity index (χ1) is 9.29. The lowest BCUT2D eigenvalue weighted by Crippen LogP contribution is -2.15. The van der Waals surface area contributed by atoms with Gasteiger partial charge in [0.15, 0.2) is 0 Å². The first kappa shape index (κ1) is 13.8. The molecule has 0 saturated heterocycles. The third-order valence-corrected chi connectivity index (χ3v) is 3.01. The van der Waals surface area contributed by atoms with Crippen molar-refractivity contribution in [3.8, 4) is 5.75 Å². The molecule has 0 saturated carbocycles. The molecular weight excluding hydrogens is 240 g/mol. The average Bonchev–Trinajstić information content (AvgIpc) is 2.45. The highest BCUT2D eigenvalue weighted by Crippen LogP contribution is 2.20. The van der Waals surface area contributed by atoms with Crippen LogP contribution < -0.4 is 4.74 Å². The standard InChI is InChI=1S/C16H20O3/c1-13(18-11-9-17)8-10-19-16-7-6-14-4-2-3-5-15(14)12-16/h2-7,12-13,17H,8-11H2,1H3. The molecule has 0 heterocycles. The molecule has 0 fully saturated rings. The summed E-state index contributed by atoms with van der Waals surface area (Å²) < 4.78 is 11.1. The van der Waals surface area contributed by atoms with Gasteiger partial charge in [0.25, 0.3) is 0 Å². The van der Waals surface area contributed by atoms with E-state index in [1.165, 1.54) is 10.8 Å². The minimum atomic E-state index is 0.0653. The second kappa shape index (κ2) is 7.12. The number of ether oxygens (including phenoxy) is 2. The number of benzene rings is 2. The number of rotatable bonds is 7. The van der Waals surface area contributed by atoms with Crippen molar-refractivity contribution in [3.63, 3.8) is 0 Å². The lowest BCUT2D eigenvalue weighted by Gasteiger charge is -2.13. The Hall–Kier alpha value is -1.58. The highest BCUT2D eigenvalue weighted by Gasteiger charge is 2.03. The van der Waals surface area contributed by atoms with Crippen molar-refractivity contribution in [3.05, 3.63) is 42.5 Å². The van der Waals surface area contributed by atoms with E-state index < -0.39 is 0 Å². The number of aliphatic hydroxyl groups is 1. The van der Waals surface area contributed by atoms with E-state index >= 15 is 0 Å². The summed E-state index contributed by atoms with van der Waals surface area (Å²) in [7, 11) is 0. The first-order valence-electron chi connectivity index (χ1n) is 6.63. The third-order valence-electron chi connectivity index (χ3n) is 3.01. The van der Waals surface area contributed by atoms with E-state index in [1.54, 1.807) is 0 Å². The Bertz CT molecular complexity index is 510. The molecule has 3 heteroatoms. The van der Waals surface area contributed by atoms with E-state index in [9.17, 15) is 0 Å². The molecule has 0 spiro atoms. The normalized spacial score (nSPS) is 12.5. The third kappa shape index (κ3) is 4.23. The molecule has 1 N–H and O–H groups in total. The van der Waals surface area contributed by atoms with Gasteiger partial charge in [-0.05, 0) is 29.8 Å². The van der Waals surface area contributed by atoms with Crippen LogP contribution in [0.5, 0.6) is 5.75 Å². The molecule has 2 aromatic carbocycles. The summed E-state index contributed by atoms with van der Waals surface area (Å²) in [6.07, 6.45) is 0.917. The summed E-state index contributed by atoms with van der Waals surface area (Å²) >= 11 is 0. The molecule has 1 atom stereocenters. The summed E-state index contributed by atoms with van der Waals surface area (Å²) in [4.78, 5) is 0. The molecule has 0 aliphatic rings. The van der Waals surface area contributed by atoms with Crippen LogP contribution in [0.3, 0.4) is 0 Å². The van der Waals surface area contributed by atoms with Crippen LogP contribution in [0.15, 0.2) is 42.5 Å². The molecular formula is C16H20O3. The van der Waals surface area contributed by atoms with Gasteiger partial charge in [0, 0.05) is 6.42 Å². The van der Waals surface area contributed by atoms with Gasteiger partial charge in [0.1, 0.15) is 5.75 Å². The second-order valence-corrected chi connectivity index (χ2v) is 4.55. The first-order valence-corrected chi connectivity index (χ1v) is 6.63. The quantitative estimate of drug-likeness (QED) is 0.831. The van der Waals surface area contributed by atoms with Crippen LogP contribution in [0.2, 0.25) is 0 Å². The van der Waals surface area contributed by atoms with Gasteiger partial charge < -0.3 is 14.6 Å². The fourth-order valence-electron chi connectivity index (χ4n) is 1.94. The van der Waals surface area contributed by atoms with E-state index in [0.29, 0.717) is 13.2 Å². The van der Waals surface area contributed by atoms with Crippen molar-refractivity contribution in [2.75, 3.05) is 19.8 Å². The molecule has 0 aliphatic carbocycles. The van der Waals surface area contributed by atoms with Gasteiger partial charge in [0.05, 0.1) is 25.9 Å². The van der Waals surface area contributed by atoms with Gasteiger partial charge in [-0.2, -0.15) is 0 Å². The van der Waals surface area contributed by atoms with Crippen LogP contribution in [0.4, 0.5) is 0 Å². The molecule has 1 unspecified atom stereocenters. The van der Waals surface area contributed by atoms with Gasteiger partial charge in [-0.1, -0.05) is 30.3 Å². The summed E-state index contributed by atoms with van der Waals surface area (Å²) in [5.74, 6) is 0.882. The van der Waals surface area contributed by atoms with Gasteiger partial charge in [-0.25, -0.2) is 0 Å². The van der Waals surface area contributed by atoms with Crippen molar-refractivity contribution in [1.29, 1.82) is 0 Å². The van der Waals surface area contributed by atoms with Crippen LogP contribution in [-0.2, 0) is 4.74 Å². The highest BCUT2D eigenvalue weighted by molar-refractivity contribution is 5.83. The predicted molar refractivity (Wildman–Crippen MR) is 76.6 cm³/mol. The van der Waals surface area contributed by atoms with Crippen LogP contribution in [-0.4, -0.2) is 31.0 Å². The van der Waals surface area contributed by atoms with Crippen molar-refractivity contribution in [1.82, 2.24) is 0 Å². The van der Waals surface area contributed by atoms with Crippen molar-refractivity contribution in [2.45, 2.75) is 19.4 Å². The molecule has 0 radical (unpaired) electrons. The Morgan fingerprint density at radius 1 is 1.05 bits per heavy atom. The molecule has 3 nitrogen and oxygen atoms in total. The van der Waals surface area contributed by atoms with Crippen molar-refractivity contribution >= 4 is 10.8 Å². The Morgan fingerprint density at radius 3 is 2.63 bits per heavy atom. The summed E-state index contributed by atoms with van der Waals surface area (Å²) in [6.45, 7) is 3.05. The fourth-order valence-corrected chi connectivity index (χ4v) is 1.94. The number of fused-ring (bicyclic) bond motifs is 1. The zero-order valence-corrected chi connectivity index (χ0v) is 11.2. The molecule has 19 heavy (non-hydrogen) atoms. The largest absolute Gasteiger partial charge is 0.493 e. The molecule has 0 aromatic heterocycles. The van der Waals surface area contributed by atoms with Crippen LogP contribution in [0.1, 0.15) is 13.3 Å². The number of aliphatic hydroxyl groups excluding tert-OH is 1. The van der Waals surface area contributed by atoms with Crippen LogP contribution >= 0.6 is 0 Å². The van der Waals surface area contributed by atoms with E-state index in [0.717, 1.165) is 12.2 Å². The van der Waals surface area contributed by atoms with E-state index in [-0.39, 0.29) is 12.7 Å². The Balaban J connectivity index is 1.84. The molecule has 0 aliphatic heterocycles. The van der Waals surface area contributed by atoms with Crippen LogP contribution in [0.25, 0.3) is 10.8 Å². The lowest BCUT2D eigenvalue weighted by molar-refractivity contribution is 0.0276. The zero-order valence-electron chi connectivity index (χ0n) is 11.2. The van der Waals surface area contributed by atoms with E-state index in [4.69, 9.17) is 14.6 Å². The minimum Gasteiger partial charge on any atom is -0.493 e. The Labute approximate surface area is 113 Å². The predicted octanol–water partition coefficient (Wildman–Crippen LogP) is 3.01. The molecule has 102 valence electrons. The highest BCUT2D eigenvalue weighted by atomic mass is 16.5. The topological polar surface area (TPSA) is 38.7 Å². The Kier molecular flexibility index (Phi) is 5.19. The molecule has 2 rings (SSSR count). The minimum absolute atomic E-state index is 0.0653. The summed E-state index contributed by atoms with van der Waals surface area (Å²) in [6, 6.07) is 14.3. The van der Waals surface area contributed by atoms with Crippen molar-refractivity contribution in [2.24, 2.45) is 0 Å². The summed E-state index contributed by atoms with van der Waals surface area (Å²) in [5, 5.41) is 11.1. The van der Waals surface area contributed by atoms with E-state index in [2.05, 4.69) is 24.3 Å². The molecule has 2 aromatic rings. The number of hydrogen-bond donors (Lipinski definition) is 1. The average molecular weight is 260 g/mol. The van der Waals surface area contributed by atoms with E-state index in [1.807, 2.05) is 25.1 Å². The van der Waals surface area contributed by atoms with Crippen LogP contribution in [0, 0.1) is 0 Å². The van der Waals surface area contributed by atoms with Gasteiger partial charge >= 0.3 is 0 Å². The molecule has 0 bridgehead atoms. The lowest BCUT2D eigenvalue weighted by atomic mass is 10.1. The maximum absolute atomic E-state index is 8.66.